The fourth-order valence-electron chi connectivity index (χ4n) is 2.14. The Morgan fingerprint density at radius 1 is 1.24 bits per heavy atom. The van der Waals surface area contributed by atoms with E-state index >= 15 is 0 Å². The second-order valence-corrected chi connectivity index (χ2v) is 4.91. The molecule has 1 aromatic carbocycles. The van der Waals surface area contributed by atoms with E-state index < -0.39 is 0 Å². The zero-order chi connectivity index (χ0) is 15.1. The molecule has 2 N–H and O–H groups in total. The Morgan fingerprint density at radius 2 is 2.10 bits per heavy atom. The summed E-state index contributed by atoms with van der Waals surface area (Å²) in [6.45, 7) is 5.37. The van der Waals surface area contributed by atoms with Gasteiger partial charge < -0.3 is 10.6 Å². The zero-order valence-corrected chi connectivity index (χ0v) is 12.5. The first kappa shape index (κ1) is 15.0. The Hall–Kier alpha value is -2.36. The van der Waals surface area contributed by atoms with Crippen LogP contribution in [0.3, 0.4) is 0 Å². The van der Waals surface area contributed by atoms with Crippen molar-refractivity contribution in [1.29, 1.82) is 0 Å². The van der Waals surface area contributed by atoms with Crippen LogP contribution in [0.1, 0.15) is 28.5 Å². The average Bonchev–Trinajstić information content (AvgIpc) is 2.50. The van der Waals surface area contributed by atoms with Gasteiger partial charge in [-0.05, 0) is 38.1 Å². The van der Waals surface area contributed by atoms with Crippen LogP contribution in [-0.2, 0) is 6.42 Å². The summed E-state index contributed by atoms with van der Waals surface area (Å²) in [5, 5.41) is 6.17. The van der Waals surface area contributed by atoms with Crippen LogP contribution in [0.4, 0.5) is 5.69 Å². The summed E-state index contributed by atoms with van der Waals surface area (Å²) in [5.41, 5.74) is 3.62. The van der Waals surface area contributed by atoms with Crippen LogP contribution in [0, 0.1) is 6.92 Å². The highest BCUT2D eigenvalue weighted by atomic mass is 16.1. The van der Waals surface area contributed by atoms with Gasteiger partial charge in [-0.15, -0.1) is 0 Å². The van der Waals surface area contributed by atoms with Gasteiger partial charge >= 0.3 is 0 Å². The molecule has 0 spiro atoms. The highest BCUT2D eigenvalue weighted by Gasteiger charge is 2.10. The van der Waals surface area contributed by atoms with Gasteiger partial charge in [0.15, 0.2) is 0 Å². The van der Waals surface area contributed by atoms with Gasteiger partial charge in [-0.1, -0.05) is 17.7 Å². The Morgan fingerprint density at radius 3 is 2.81 bits per heavy atom. The van der Waals surface area contributed by atoms with Crippen molar-refractivity contribution in [2.45, 2.75) is 20.3 Å². The monoisotopic (exact) mass is 283 g/mol. The highest BCUT2D eigenvalue weighted by Crippen LogP contribution is 2.17. The van der Waals surface area contributed by atoms with E-state index in [0.717, 1.165) is 29.9 Å². The summed E-state index contributed by atoms with van der Waals surface area (Å²) in [5.74, 6) is -0.0504. The van der Waals surface area contributed by atoms with Gasteiger partial charge in [0.2, 0.25) is 0 Å². The van der Waals surface area contributed by atoms with Gasteiger partial charge in [-0.3, -0.25) is 9.78 Å². The summed E-state index contributed by atoms with van der Waals surface area (Å²) < 4.78 is 0. The number of anilines is 1. The molecular weight excluding hydrogens is 262 g/mol. The third-order valence-electron chi connectivity index (χ3n) is 3.18. The molecule has 4 heteroatoms. The van der Waals surface area contributed by atoms with Crippen molar-refractivity contribution in [3.63, 3.8) is 0 Å². The Labute approximate surface area is 125 Å². The summed E-state index contributed by atoms with van der Waals surface area (Å²) in [4.78, 5) is 16.6. The van der Waals surface area contributed by atoms with Crippen LogP contribution in [0.5, 0.6) is 0 Å². The first-order valence-corrected chi connectivity index (χ1v) is 7.23. The van der Waals surface area contributed by atoms with E-state index in [0.29, 0.717) is 12.1 Å². The number of hydrogen-bond acceptors (Lipinski definition) is 3. The molecule has 0 unspecified atom stereocenters. The van der Waals surface area contributed by atoms with E-state index in [2.05, 4.69) is 15.6 Å². The van der Waals surface area contributed by atoms with Gasteiger partial charge in [-0.25, -0.2) is 0 Å². The van der Waals surface area contributed by atoms with Gasteiger partial charge in [0.25, 0.3) is 5.91 Å². The number of aryl methyl sites for hydroxylation is 1. The van der Waals surface area contributed by atoms with E-state index in [4.69, 9.17) is 0 Å². The largest absolute Gasteiger partial charge is 0.385 e. The number of pyridine rings is 1. The molecule has 0 fully saturated rings. The first-order valence-electron chi connectivity index (χ1n) is 7.23. The number of rotatable bonds is 6. The first-order chi connectivity index (χ1) is 10.2. The minimum Gasteiger partial charge on any atom is -0.385 e. The molecule has 2 rings (SSSR count). The molecule has 1 amide bonds. The molecule has 0 saturated heterocycles. The van der Waals surface area contributed by atoms with Crippen molar-refractivity contribution in [3.05, 3.63) is 59.4 Å². The minimum atomic E-state index is -0.0504. The lowest BCUT2D eigenvalue weighted by molar-refractivity contribution is 0.0955. The molecule has 0 radical (unpaired) electrons. The quantitative estimate of drug-likeness (QED) is 0.857. The third-order valence-corrected chi connectivity index (χ3v) is 3.18. The van der Waals surface area contributed by atoms with E-state index in [9.17, 15) is 4.79 Å². The summed E-state index contributed by atoms with van der Waals surface area (Å²) >= 11 is 0. The molecule has 0 saturated carbocycles. The van der Waals surface area contributed by atoms with E-state index in [1.165, 1.54) is 0 Å². The van der Waals surface area contributed by atoms with Gasteiger partial charge in [-0.2, -0.15) is 0 Å². The van der Waals surface area contributed by atoms with Crippen molar-refractivity contribution in [2.75, 3.05) is 18.4 Å². The van der Waals surface area contributed by atoms with Crippen molar-refractivity contribution < 1.29 is 4.79 Å². The normalized spacial score (nSPS) is 10.2. The molecule has 0 aliphatic rings. The van der Waals surface area contributed by atoms with Crippen molar-refractivity contribution >= 4 is 11.6 Å². The fraction of sp³-hybridized carbons (Fsp3) is 0.294. The van der Waals surface area contributed by atoms with E-state index in [-0.39, 0.29) is 5.91 Å². The molecule has 1 aromatic heterocycles. The lowest BCUT2D eigenvalue weighted by Gasteiger charge is -2.12. The second kappa shape index (κ2) is 7.43. The van der Waals surface area contributed by atoms with Crippen LogP contribution in [0.15, 0.2) is 42.6 Å². The Kier molecular flexibility index (Phi) is 5.32. The molecule has 0 aliphatic carbocycles. The highest BCUT2D eigenvalue weighted by molar-refractivity contribution is 5.99. The SMILES string of the molecule is CCNc1ccc(C)cc1C(=O)NCCc1ccccn1. The molecular formula is C17H21N3O. The average molecular weight is 283 g/mol. The molecule has 2 aromatic rings. The molecule has 21 heavy (non-hydrogen) atoms. The topological polar surface area (TPSA) is 54.0 Å². The van der Waals surface area contributed by atoms with Gasteiger partial charge in [0, 0.05) is 37.1 Å². The van der Waals surface area contributed by atoms with E-state index in [1.807, 2.05) is 50.2 Å². The molecule has 110 valence electrons. The number of nitrogens with one attached hydrogen (secondary N) is 2. The van der Waals surface area contributed by atoms with Crippen molar-refractivity contribution in [3.8, 4) is 0 Å². The van der Waals surface area contributed by atoms with Gasteiger partial charge in [0.1, 0.15) is 0 Å². The maximum absolute atomic E-state index is 12.3. The van der Waals surface area contributed by atoms with Crippen LogP contribution < -0.4 is 10.6 Å². The maximum Gasteiger partial charge on any atom is 0.253 e. The van der Waals surface area contributed by atoms with Gasteiger partial charge in [0.05, 0.1) is 5.56 Å². The van der Waals surface area contributed by atoms with Crippen LogP contribution in [0.25, 0.3) is 0 Å². The molecule has 0 bridgehead atoms. The summed E-state index contributed by atoms with van der Waals surface area (Å²) in [6.07, 6.45) is 2.50. The lowest BCUT2D eigenvalue weighted by Crippen LogP contribution is -2.26. The fourth-order valence-corrected chi connectivity index (χ4v) is 2.14. The van der Waals surface area contributed by atoms with Crippen LogP contribution in [0.2, 0.25) is 0 Å². The number of benzene rings is 1. The number of amides is 1. The van der Waals surface area contributed by atoms with Crippen LogP contribution >= 0.6 is 0 Å². The molecule has 0 aliphatic heterocycles. The summed E-state index contributed by atoms with van der Waals surface area (Å²) in [6, 6.07) is 11.7. The second-order valence-electron chi connectivity index (χ2n) is 4.91. The zero-order valence-electron chi connectivity index (χ0n) is 12.5. The van der Waals surface area contributed by atoms with Crippen molar-refractivity contribution in [2.24, 2.45) is 0 Å². The molecule has 4 nitrogen and oxygen atoms in total. The smallest absolute Gasteiger partial charge is 0.253 e. The summed E-state index contributed by atoms with van der Waals surface area (Å²) in [7, 11) is 0. The predicted molar refractivity (Wildman–Crippen MR) is 85.6 cm³/mol. The molecule has 1 heterocycles. The maximum atomic E-state index is 12.3. The Bertz CT molecular complexity index is 596. The standard InChI is InChI=1S/C17H21N3O/c1-3-18-16-8-7-13(2)12-15(16)17(21)20-11-9-14-6-4-5-10-19-14/h4-8,10,12,18H,3,9,11H2,1-2H3,(H,20,21). The number of carbonyl (C=O) groups excluding carboxylic acids is 1. The minimum absolute atomic E-state index is 0.0504. The van der Waals surface area contributed by atoms with Crippen molar-refractivity contribution in [1.82, 2.24) is 10.3 Å². The van der Waals surface area contributed by atoms with Crippen LogP contribution in [-0.4, -0.2) is 24.0 Å². The lowest BCUT2D eigenvalue weighted by atomic mass is 10.1. The predicted octanol–water partition coefficient (Wildman–Crippen LogP) is 2.79. The molecule has 0 atom stereocenters. The third kappa shape index (κ3) is 4.31. The van der Waals surface area contributed by atoms with E-state index in [1.54, 1.807) is 6.20 Å². The number of aromatic nitrogens is 1. The Balaban J connectivity index is 1.98. The number of nitrogens with zero attached hydrogens (tertiary/aromatic N) is 1. The number of carbonyl (C=O) groups is 1. The number of hydrogen-bond donors (Lipinski definition) is 2.